The third-order valence-electron chi connectivity index (χ3n) is 6.50. The molecule has 0 spiro atoms. The molecule has 1 aromatic carbocycles. The van der Waals surface area contributed by atoms with Crippen LogP contribution in [0.5, 0.6) is 0 Å². The molecular weight excluding hydrogens is 393 g/mol. The Bertz CT molecular complexity index is 875. The van der Waals surface area contributed by atoms with Crippen LogP contribution in [0, 0.1) is 5.82 Å². The molecule has 31 heavy (non-hydrogen) atoms. The van der Waals surface area contributed by atoms with Gasteiger partial charge >= 0.3 is 6.03 Å². The van der Waals surface area contributed by atoms with Crippen LogP contribution in [-0.2, 0) is 0 Å². The van der Waals surface area contributed by atoms with Crippen LogP contribution in [-0.4, -0.2) is 66.1 Å². The number of nitrogens with zero attached hydrogens (tertiary/aromatic N) is 4. The Balaban J connectivity index is 1.40. The minimum Gasteiger partial charge on any atom is -0.367 e. The van der Waals surface area contributed by atoms with Gasteiger partial charge in [-0.2, -0.15) is 0 Å². The molecule has 166 valence electrons. The average Bonchev–Trinajstić information content (AvgIpc) is 2.81. The van der Waals surface area contributed by atoms with Crippen molar-refractivity contribution in [3.05, 3.63) is 54.1 Å². The lowest BCUT2D eigenvalue weighted by molar-refractivity contribution is 0.194. The highest BCUT2D eigenvalue weighted by Crippen LogP contribution is 2.31. The summed E-state index contributed by atoms with van der Waals surface area (Å²) in [5, 5.41) is 2.88. The number of likely N-dealkylation sites (tertiary alicyclic amines) is 1. The fourth-order valence-electron chi connectivity index (χ4n) is 4.56. The van der Waals surface area contributed by atoms with Crippen molar-refractivity contribution in [1.82, 2.24) is 14.8 Å². The second kappa shape index (κ2) is 9.64. The minimum absolute atomic E-state index is 0.230. The number of hydrogen-bond acceptors (Lipinski definition) is 4. The first-order valence-electron chi connectivity index (χ1n) is 11.3. The summed E-state index contributed by atoms with van der Waals surface area (Å²) in [5.41, 5.74) is 2.14. The number of benzene rings is 1. The monoisotopic (exact) mass is 425 g/mol. The number of rotatable bonds is 4. The van der Waals surface area contributed by atoms with E-state index in [1.165, 1.54) is 6.07 Å². The number of nitrogens with one attached hydrogen (secondary N) is 1. The van der Waals surface area contributed by atoms with Crippen LogP contribution < -0.4 is 10.2 Å². The highest BCUT2D eigenvalue weighted by molar-refractivity contribution is 5.93. The highest BCUT2D eigenvalue weighted by Gasteiger charge is 2.27. The number of halogens is 1. The van der Waals surface area contributed by atoms with Crippen molar-refractivity contribution in [3.8, 4) is 0 Å². The smallest absolute Gasteiger partial charge is 0.321 e. The lowest BCUT2D eigenvalue weighted by atomic mass is 9.93. The number of anilines is 2. The molecule has 1 aromatic heterocycles. The van der Waals surface area contributed by atoms with E-state index in [4.69, 9.17) is 0 Å². The molecule has 0 bridgehead atoms. The summed E-state index contributed by atoms with van der Waals surface area (Å²) in [6.07, 6.45) is 3.55. The lowest BCUT2D eigenvalue weighted by Gasteiger charge is -2.39. The Labute approximate surface area is 184 Å². The predicted molar refractivity (Wildman–Crippen MR) is 122 cm³/mol. The summed E-state index contributed by atoms with van der Waals surface area (Å²) < 4.78 is 14.7. The van der Waals surface area contributed by atoms with Crippen molar-refractivity contribution in [2.24, 2.45) is 0 Å². The average molecular weight is 426 g/mol. The molecular formula is C24H32FN5O. The van der Waals surface area contributed by atoms with Crippen molar-refractivity contribution < 1.29 is 9.18 Å². The number of para-hydroxylation sites is 1. The van der Waals surface area contributed by atoms with Gasteiger partial charge in [0, 0.05) is 63.1 Å². The quantitative estimate of drug-likeness (QED) is 0.799. The lowest BCUT2D eigenvalue weighted by Crippen LogP contribution is -2.49. The van der Waals surface area contributed by atoms with E-state index in [-0.39, 0.29) is 17.5 Å². The molecule has 2 fully saturated rings. The maximum atomic E-state index is 14.7. The topological polar surface area (TPSA) is 51.7 Å². The molecule has 2 saturated heterocycles. The molecule has 3 heterocycles. The standard InChI is InChI=1S/C24H32FN5O/c1-18(2)28-14-16-29(17-15-28)22-8-5-6-20(25)23(22)27-24(31)30-12-9-19(10-13-30)21-7-3-4-11-26-21/h3-8,11,18-19H,9-10,12-17H2,1-2H3,(H,27,31). The normalized spacial score (nSPS) is 18.5. The Morgan fingerprint density at radius 2 is 1.77 bits per heavy atom. The number of hydrogen-bond donors (Lipinski definition) is 1. The van der Waals surface area contributed by atoms with Crippen LogP contribution in [0.4, 0.5) is 20.6 Å². The van der Waals surface area contributed by atoms with E-state index in [1.54, 1.807) is 11.0 Å². The number of amides is 2. The zero-order chi connectivity index (χ0) is 21.8. The Hall–Kier alpha value is -2.67. The first-order chi connectivity index (χ1) is 15.0. The van der Waals surface area contributed by atoms with Gasteiger partial charge in [-0.1, -0.05) is 12.1 Å². The van der Waals surface area contributed by atoms with Gasteiger partial charge in [0.05, 0.1) is 5.69 Å². The molecule has 0 unspecified atom stereocenters. The van der Waals surface area contributed by atoms with E-state index in [1.807, 2.05) is 30.5 Å². The molecule has 0 radical (unpaired) electrons. The van der Waals surface area contributed by atoms with Crippen molar-refractivity contribution in [2.75, 3.05) is 49.5 Å². The Morgan fingerprint density at radius 1 is 1.03 bits per heavy atom. The maximum Gasteiger partial charge on any atom is 0.321 e. The molecule has 4 rings (SSSR count). The molecule has 6 nitrogen and oxygen atoms in total. The number of carbonyl (C=O) groups is 1. The van der Waals surface area contributed by atoms with E-state index in [0.717, 1.165) is 50.4 Å². The number of piperazine rings is 1. The van der Waals surface area contributed by atoms with Crippen molar-refractivity contribution in [2.45, 2.75) is 38.6 Å². The van der Waals surface area contributed by atoms with E-state index in [2.05, 4.69) is 33.9 Å². The van der Waals surface area contributed by atoms with Crippen LogP contribution in [0.2, 0.25) is 0 Å². The van der Waals surface area contributed by atoms with Crippen LogP contribution in [0.1, 0.15) is 38.3 Å². The maximum absolute atomic E-state index is 14.7. The second-order valence-corrected chi connectivity index (χ2v) is 8.70. The van der Waals surface area contributed by atoms with Crippen molar-refractivity contribution in [1.29, 1.82) is 0 Å². The van der Waals surface area contributed by atoms with Crippen LogP contribution >= 0.6 is 0 Å². The highest BCUT2D eigenvalue weighted by atomic mass is 19.1. The van der Waals surface area contributed by atoms with E-state index in [9.17, 15) is 9.18 Å². The summed E-state index contributed by atoms with van der Waals surface area (Å²) in [7, 11) is 0. The zero-order valence-corrected chi connectivity index (χ0v) is 18.4. The van der Waals surface area contributed by atoms with Crippen LogP contribution in [0.3, 0.4) is 0 Å². The molecule has 2 amide bonds. The molecule has 2 aliphatic heterocycles. The molecule has 0 saturated carbocycles. The number of aromatic nitrogens is 1. The van der Waals surface area contributed by atoms with Crippen LogP contribution in [0.25, 0.3) is 0 Å². The fraction of sp³-hybridized carbons (Fsp3) is 0.500. The Morgan fingerprint density at radius 3 is 2.42 bits per heavy atom. The van der Waals surface area contributed by atoms with Crippen molar-refractivity contribution in [3.63, 3.8) is 0 Å². The molecule has 2 aromatic rings. The first kappa shape index (κ1) is 21.6. The van der Waals surface area contributed by atoms with Gasteiger partial charge in [-0.05, 0) is 51.0 Å². The van der Waals surface area contributed by atoms with Gasteiger partial charge < -0.3 is 15.1 Å². The van der Waals surface area contributed by atoms with Crippen molar-refractivity contribution >= 4 is 17.4 Å². The largest absolute Gasteiger partial charge is 0.367 e. The van der Waals surface area contributed by atoms with E-state index < -0.39 is 0 Å². The molecule has 1 N–H and O–H groups in total. The third kappa shape index (κ3) is 4.98. The number of urea groups is 1. The van der Waals surface area contributed by atoms with Gasteiger partial charge in [0.15, 0.2) is 0 Å². The first-order valence-corrected chi connectivity index (χ1v) is 11.3. The van der Waals surface area contributed by atoms with Crippen LogP contribution in [0.15, 0.2) is 42.6 Å². The van der Waals surface area contributed by atoms with Gasteiger partial charge in [0.1, 0.15) is 11.5 Å². The molecule has 7 heteroatoms. The Kier molecular flexibility index (Phi) is 6.70. The summed E-state index contributed by atoms with van der Waals surface area (Å²) in [5.74, 6) is -0.0213. The van der Waals surface area contributed by atoms with Gasteiger partial charge in [0.25, 0.3) is 0 Å². The molecule has 0 atom stereocenters. The second-order valence-electron chi connectivity index (χ2n) is 8.70. The van der Waals surface area contributed by atoms with Gasteiger partial charge in [-0.25, -0.2) is 9.18 Å². The summed E-state index contributed by atoms with van der Waals surface area (Å²) in [4.78, 5) is 23.8. The van der Waals surface area contributed by atoms with Gasteiger partial charge in [0.2, 0.25) is 0 Å². The molecule has 2 aliphatic rings. The zero-order valence-electron chi connectivity index (χ0n) is 18.4. The van der Waals surface area contributed by atoms with E-state index in [0.29, 0.717) is 25.0 Å². The molecule has 0 aliphatic carbocycles. The van der Waals surface area contributed by atoms with E-state index >= 15 is 0 Å². The minimum atomic E-state index is -0.388. The summed E-state index contributed by atoms with van der Waals surface area (Å²) in [6, 6.07) is 11.3. The summed E-state index contributed by atoms with van der Waals surface area (Å²) >= 11 is 0. The number of piperidine rings is 1. The third-order valence-corrected chi connectivity index (χ3v) is 6.50. The number of carbonyl (C=O) groups excluding carboxylic acids is 1. The van der Waals surface area contributed by atoms with Gasteiger partial charge in [-0.15, -0.1) is 0 Å². The fourth-order valence-corrected chi connectivity index (χ4v) is 4.56. The van der Waals surface area contributed by atoms with Gasteiger partial charge in [-0.3, -0.25) is 9.88 Å². The SMILES string of the molecule is CC(C)N1CCN(c2cccc(F)c2NC(=O)N2CCC(c3ccccn3)CC2)CC1. The predicted octanol–water partition coefficient (Wildman–Crippen LogP) is 4.16. The summed E-state index contributed by atoms with van der Waals surface area (Å²) in [6.45, 7) is 9.18. The number of pyridine rings is 1.